The van der Waals surface area contributed by atoms with Crippen LogP contribution in [-0.2, 0) is 4.74 Å². The average Bonchev–Trinajstić information content (AvgIpc) is 2.42. The van der Waals surface area contributed by atoms with Crippen molar-refractivity contribution in [2.75, 3.05) is 43.4 Å². The first kappa shape index (κ1) is 13.4. The van der Waals surface area contributed by atoms with E-state index in [2.05, 4.69) is 14.9 Å². The summed E-state index contributed by atoms with van der Waals surface area (Å²) in [7, 11) is 0. The minimum Gasteiger partial charge on any atom is -0.450 e. The van der Waals surface area contributed by atoms with Crippen molar-refractivity contribution in [3.05, 3.63) is 11.8 Å². The van der Waals surface area contributed by atoms with E-state index in [1.54, 1.807) is 18.0 Å². The van der Waals surface area contributed by atoms with E-state index in [0.29, 0.717) is 19.7 Å². The molecule has 1 aliphatic rings. The van der Waals surface area contributed by atoms with E-state index in [1.165, 1.54) is 0 Å². The Hall–Kier alpha value is -2.05. The summed E-state index contributed by atoms with van der Waals surface area (Å²) in [5.41, 5.74) is 6.60. The zero-order valence-electron chi connectivity index (χ0n) is 11.3. The van der Waals surface area contributed by atoms with E-state index < -0.39 is 0 Å². The van der Waals surface area contributed by atoms with Gasteiger partial charge in [-0.25, -0.2) is 9.78 Å². The van der Waals surface area contributed by atoms with E-state index >= 15 is 0 Å². The highest BCUT2D eigenvalue weighted by Crippen LogP contribution is 2.18. The monoisotopic (exact) mass is 265 g/mol. The highest BCUT2D eigenvalue weighted by Gasteiger charge is 2.23. The first-order valence-electron chi connectivity index (χ1n) is 6.37. The molecule has 0 radical (unpaired) electrons. The van der Waals surface area contributed by atoms with Crippen molar-refractivity contribution in [1.29, 1.82) is 0 Å². The third-order valence-corrected chi connectivity index (χ3v) is 3.07. The van der Waals surface area contributed by atoms with Crippen LogP contribution in [0.2, 0.25) is 0 Å². The number of ether oxygens (including phenoxy) is 1. The second-order valence-electron chi connectivity index (χ2n) is 4.41. The first-order chi connectivity index (χ1) is 9.11. The summed E-state index contributed by atoms with van der Waals surface area (Å²) in [5, 5.41) is 0. The van der Waals surface area contributed by atoms with Crippen molar-refractivity contribution in [2.45, 2.75) is 13.8 Å². The number of nitrogens with zero attached hydrogens (tertiary/aromatic N) is 4. The zero-order valence-corrected chi connectivity index (χ0v) is 11.3. The van der Waals surface area contributed by atoms with E-state index in [-0.39, 0.29) is 12.0 Å². The maximum atomic E-state index is 11.6. The Bertz CT molecular complexity index is 457. The Morgan fingerprint density at radius 3 is 2.74 bits per heavy atom. The predicted molar refractivity (Wildman–Crippen MR) is 72.0 cm³/mol. The minimum absolute atomic E-state index is 0.249. The maximum Gasteiger partial charge on any atom is 0.409 e. The Morgan fingerprint density at radius 2 is 2.11 bits per heavy atom. The molecule has 7 nitrogen and oxygen atoms in total. The Labute approximate surface area is 112 Å². The van der Waals surface area contributed by atoms with Crippen LogP contribution in [0.5, 0.6) is 0 Å². The van der Waals surface area contributed by atoms with Crippen molar-refractivity contribution in [2.24, 2.45) is 0 Å². The SMILES string of the molecule is CCOC(=O)N1CCN(c2nc(N)ncc2C)CC1. The molecule has 2 heterocycles. The second kappa shape index (κ2) is 5.73. The Morgan fingerprint density at radius 1 is 1.42 bits per heavy atom. The van der Waals surface area contributed by atoms with Gasteiger partial charge in [0.1, 0.15) is 5.82 Å². The van der Waals surface area contributed by atoms with Gasteiger partial charge >= 0.3 is 6.09 Å². The van der Waals surface area contributed by atoms with Crippen molar-refractivity contribution in [3.8, 4) is 0 Å². The lowest BCUT2D eigenvalue weighted by atomic mass is 10.2. The van der Waals surface area contributed by atoms with Gasteiger partial charge in [-0.05, 0) is 13.8 Å². The zero-order chi connectivity index (χ0) is 13.8. The van der Waals surface area contributed by atoms with E-state index in [0.717, 1.165) is 24.5 Å². The van der Waals surface area contributed by atoms with E-state index in [9.17, 15) is 4.79 Å². The molecule has 0 spiro atoms. The van der Waals surface area contributed by atoms with E-state index in [1.807, 2.05) is 6.92 Å². The molecular weight excluding hydrogens is 246 g/mol. The van der Waals surface area contributed by atoms with Crippen LogP contribution < -0.4 is 10.6 Å². The lowest BCUT2D eigenvalue weighted by Gasteiger charge is -2.35. The number of nitrogen functional groups attached to an aromatic ring is 1. The van der Waals surface area contributed by atoms with Gasteiger partial charge in [0.15, 0.2) is 0 Å². The third-order valence-electron chi connectivity index (χ3n) is 3.07. The summed E-state index contributed by atoms with van der Waals surface area (Å²) in [5.74, 6) is 1.12. The van der Waals surface area contributed by atoms with Gasteiger partial charge in [0, 0.05) is 37.9 Å². The molecule has 0 unspecified atom stereocenters. The van der Waals surface area contributed by atoms with Crippen LogP contribution in [0.3, 0.4) is 0 Å². The van der Waals surface area contributed by atoms with Crippen molar-refractivity contribution >= 4 is 17.9 Å². The van der Waals surface area contributed by atoms with Crippen molar-refractivity contribution in [3.63, 3.8) is 0 Å². The van der Waals surface area contributed by atoms with Gasteiger partial charge in [-0.3, -0.25) is 0 Å². The second-order valence-corrected chi connectivity index (χ2v) is 4.41. The number of hydrogen-bond donors (Lipinski definition) is 1. The standard InChI is InChI=1S/C12H19N5O2/c1-3-19-12(18)17-6-4-16(5-7-17)10-9(2)8-14-11(13)15-10/h8H,3-7H2,1-2H3,(H2,13,14,15). The number of piperazine rings is 1. The highest BCUT2D eigenvalue weighted by molar-refractivity contribution is 5.68. The normalized spacial score (nSPS) is 15.5. The molecule has 1 fully saturated rings. The summed E-state index contributed by atoms with van der Waals surface area (Å²) in [6.45, 7) is 6.85. The quantitative estimate of drug-likeness (QED) is 0.845. The van der Waals surface area contributed by atoms with Gasteiger partial charge in [0.2, 0.25) is 5.95 Å². The fourth-order valence-corrected chi connectivity index (χ4v) is 2.08. The van der Waals surface area contributed by atoms with Crippen LogP contribution in [0, 0.1) is 6.92 Å². The number of carbonyl (C=O) groups is 1. The van der Waals surface area contributed by atoms with Crippen LogP contribution in [0.1, 0.15) is 12.5 Å². The van der Waals surface area contributed by atoms with Crippen LogP contribution in [0.25, 0.3) is 0 Å². The number of aryl methyl sites for hydroxylation is 1. The van der Waals surface area contributed by atoms with Crippen LogP contribution in [0.15, 0.2) is 6.20 Å². The fourth-order valence-electron chi connectivity index (χ4n) is 2.08. The Balaban J connectivity index is 2.00. The molecule has 0 aliphatic carbocycles. The number of rotatable bonds is 2. The molecule has 2 N–H and O–H groups in total. The summed E-state index contributed by atoms with van der Waals surface area (Å²) in [6, 6.07) is 0. The number of hydrogen-bond acceptors (Lipinski definition) is 6. The van der Waals surface area contributed by atoms with Gasteiger partial charge in [-0.15, -0.1) is 0 Å². The van der Waals surface area contributed by atoms with Crippen molar-refractivity contribution in [1.82, 2.24) is 14.9 Å². The molecule has 104 valence electrons. The molecule has 19 heavy (non-hydrogen) atoms. The largest absolute Gasteiger partial charge is 0.450 e. The third kappa shape index (κ3) is 3.04. The van der Waals surface area contributed by atoms with Gasteiger partial charge in [-0.2, -0.15) is 4.98 Å². The molecule has 1 aromatic rings. The topological polar surface area (TPSA) is 84.6 Å². The van der Waals surface area contributed by atoms with Crippen LogP contribution >= 0.6 is 0 Å². The first-order valence-corrected chi connectivity index (χ1v) is 6.37. The lowest BCUT2D eigenvalue weighted by Crippen LogP contribution is -2.49. The molecular formula is C12H19N5O2. The average molecular weight is 265 g/mol. The highest BCUT2D eigenvalue weighted by atomic mass is 16.6. The van der Waals surface area contributed by atoms with Gasteiger partial charge in [0.05, 0.1) is 6.61 Å². The predicted octanol–water partition coefficient (Wildman–Crippen LogP) is 0.646. The minimum atomic E-state index is -0.249. The molecule has 1 aliphatic heterocycles. The molecule has 0 bridgehead atoms. The lowest BCUT2D eigenvalue weighted by molar-refractivity contribution is 0.105. The number of carbonyl (C=O) groups excluding carboxylic acids is 1. The summed E-state index contributed by atoms with van der Waals surface area (Å²) in [6.07, 6.45) is 1.47. The van der Waals surface area contributed by atoms with Gasteiger partial charge < -0.3 is 20.3 Å². The number of anilines is 2. The summed E-state index contributed by atoms with van der Waals surface area (Å²) in [4.78, 5) is 23.6. The molecule has 1 amide bonds. The molecule has 1 saturated heterocycles. The number of nitrogens with two attached hydrogens (primary N) is 1. The molecule has 7 heteroatoms. The fraction of sp³-hybridized carbons (Fsp3) is 0.583. The summed E-state index contributed by atoms with van der Waals surface area (Å²) >= 11 is 0. The van der Waals surface area contributed by atoms with Crippen molar-refractivity contribution < 1.29 is 9.53 Å². The smallest absolute Gasteiger partial charge is 0.409 e. The molecule has 0 aromatic carbocycles. The molecule has 0 saturated carbocycles. The van der Waals surface area contributed by atoms with Gasteiger partial charge in [0.25, 0.3) is 0 Å². The molecule has 1 aromatic heterocycles. The van der Waals surface area contributed by atoms with Crippen LogP contribution in [-0.4, -0.2) is 53.7 Å². The number of amides is 1. The van der Waals surface area contributed by atoms with Crippen LogP contribution in [0.4, 0.5) is 16.6 Å². The molecule has 2 rings (SSSR count). The maximum absolute atomic E-state index is 11.6. The number of aromatic nitrogens is 2. The Kier molecular flexibility index (Phi) is 4.03. The van der Waals surface area contributed by atoms with E-state index in [4.69, 9.17) is 10.5 Å². The van der Waals surface area contributed by atoms with Gasteiger partial charge in [-0.1, -0.05) is 0 Å². The summed E-state index contributed by atoms with van der Waals surface area (Å²) < 4.78 is 4.99. The molecule has 0 atom stereocenters.